The van der Waals surface area contributed by atoms with E-state index < -0.39 is 46.6 Å². The van der Waals surface area contributed by atoms with E-state index in [4.69, 9.17) is 9.84 Å². The largest absolute Gasteiger partial charge is 0.488 e. The number of rotatable bonds is 6. The third-order valence-corrected chi connectivity index (χ3v) is 2.25. The van der Waals surface area contributed by atoms with Gasteiger partial charge < -0.3 is 15.2 Å². The summed E-state index contributed by atoms with van der Waals surface area (Å²) in [4.78, 5) is 19.9. The lowest BCUT2D eigenvalue weighted by Crippen LogP contribution is -2.39. The van der Waals surface area contributed by atoms with Crippen molar-refractivity contribution in [2.75, 3.05) is 13.7 Å². The molecule has 0 heterocycles. The minimum absolute atomic E-state index is 0.375. The lowest BCUT2D eigenvalue weighted by molar-refractivity contribution is -0.387. The van der Waals surface area contributed by atoms with Gasteiger partial charge in [0.25, 0.3) is 0 Å². The van der Waals surface area contributed by atoms with Gasteiger partial charge in [-0.3, -0.25) is 14.9 Å². The Morgan fingerprint density at radius 2 is 2.16 bits per heavy atom. The summed E-state index contributed by atoms with van der Waals surface area (Å²) in [6, 6.07) is -0.236. The van der Waals surface area contributed by atoms with E-state index in [1.54, 1.807) is 0 Å². The van der Waals surface area contributed by atoms with Crippen molar-refractivity contribution < 1.29 is 28.3 Å². The van der Waals surface area contributed by atoms with Gasteiger partial charge in [0.2, 0.25) is 5.82 Å². The van der Waals surface area contributed by atoms with Crippen LogP contribution in [0.4, 0.5) is 14.5 Å². The number of nitro groups is 1. The monoisotopic (exact) mass is 276 g/mol. The summed E-state index contributed by atoms with van der Waals surface area (Å²) >= 11 is 0. The van der Waals surface area contributed by atoms with E-state index >= 15 is 0 Å². The molecule has 2 N–H and O–H groups in total. The first-order chi connectivity index (χ1) is 8.86. The summed E-state index contributed by atoms with van der Waals surface area (Å²) < 4.78 is 31.4. The van der Waals surface area contributed by atoms with Crippen molar-refractivity contribution in [3.05, 3.63) is 33.9 Å². The predicted molar refractivity (Wildman–Crippen MR) is 59.0 cm³/mol. The van der Waals surface area contributed by atoms with E-state index in [0.717, 1.165) is 0 Å². The van der Waals surface area contributed by atoms with Crippen LogP contribution in [-0.2, 0) is 4.79 Å². The molecule has 0 saturated carbocycles. The number of nitro benzene ring substituents is 1. The van der Waals surface area contributed by atoms with Gasteiger partial charge in [-0.05, 0) is 7.05 Å². The molecule has 9 heteroatoms. The van der Waals surface area contributed by atoms with E-state index in [-0.39, 0.29) is 0 Å². The van der Waals surface area contributed by atoms with E-state index in [1.165, 1.54) is 7.05 Å². The van der Waals surface area contributed by atoms with Gasteiger partial charge in [-0.1, -0.05) is 0 Å². The van der Waals surface area contributed by atoms with E-state index in [0.29, 0.717) is 12.1 Å². The lowest BCUT2D eigenvalue weighted by Gasteiger charge is -2.13. The van der Waals surface area contributed by atoms with Crippen LogP contribution < -0.4 is 10.1 Å². The molecule has 0 fully saturated rings. The highest BCUT2D eigenvalue weighted by molar-refractivity contribution is 5.73. The maximum Gasteiger partial charge on any atom is 0.324 e. The van der Waals surface area contributed by atoms with Crippen LogP contribution in [0.1, 0.15) is 0 Å². The van der Waals surface area contributed by atoms with Gasteiger partial charge in [0, 0.05) is 6.07 Å². The number of hydrogen-bond donors (Lipinski definition) is 2. The third-order valence-electron chi connectivity index (χ3n) is 2.25. The molecular formula is C10H10F2N2O5. The smallest absolute Gasteiger partial charge is 0.324 e. The molecule has 7 nitrogen and oxygen atoms in total. The minimum atomic E-state index is -1.27. The van der Waals surface area contributed by atoms with Crippen LogP contribution >= 0.6 is 0 Å². The van der Waals surface area contributed by atoms with Crippen molar-refractivity contribution in [2.45, 2.75) is 6.04 Å². The van der Waals surface area contributed by atoms with Crippen LogP contribution in [0.5, 0.6) is 5.75 Å². The van der Waals surface area contributed by atoms with Gasteiger partial charge in [0.15, 0.2) is 11.6 Å². The van der Waals surface area contributed by atoms with Crippen LogP contribution in [0.25, 0.3) is 0 Å². The number of halogens is 2. The fourth-order valence-electron chi connectivity index (χ4n) is 1.22. The summed E-state index contributed by atoms with van der Waals surface area (Å²) in [6.45, 7) is -0.458. The molecule has 104 valence electrons. The Bertz CT molecular complexity index is 509. The zero-order valence-corrected chi connectivity index (χ0v) is 9.72. The quantitative estimate of drug-likeness (QED) is 0.592. The van der Waals surface area contributed by atoms with Gasteiger partial charge >= 0.3 is 11.7 Å². The average Bonchev–Trinajstić information content (AvgIpc) is 2.32. The summed E-state index contributed by atoms with van der Waals surface area (Å²) in [6.07, 6.45) is 0. The highest BCUT2D eigenvalue weighted by Crippen LogP contribution is 2.26. The number of nitrogens with zero attached hydrogens (tertiary/aromatic N) is 1. The van der Waals surface area contributed by atoms with E-state index in [2.05, 4.69) is 5.32 Å². The average molecular weight is 276 g/mol. The Morgan fingerprint density at radius 1 is 1.53 bits per heavy atom. The van der Waals surface area contributed by atoms with Crippen LogP contribution in [-0.4, -0.2) is 35.7 Å². The number of carbonyl (C=O) groups is 1. The second-order valence-corrected chi connectivity index (χ2v) is 3.48. The second-order valence-electron chi connectivity index (χ2n) is 3.48. The number of carboxylic acids is 1. The first-order valence-electron chi connectivity index (χ1n) is 5.03. The number of hydrogen-bond acceptors (Lipinski definition) is 5. The molecule has 0 spiro atoms. The van der Waals surface area contributed by atoms with Gasteiger partial charge in [-0.15, -0.1) is 0 Å². The highest BCUT2D eigenvalue weighted by Gasteiger charge is 2.21. The number of likely N-dealkylation sites (N-methyl/N-ethyl adjacent to an activating group) is 1. The van der Waals surface area contributed by atoms with Crippen molar-refractivity contribution in [1.29, 1.82) is 0 Å². The molecule has 0 saturated heterocycles. The second kappa shape index (κ2) is 6.05. The molecule has 0 radical (unpaired) electrons. The van der Waals surface area contributed by atoms with Gasteiger partial charge in [0.05, 0.1) is 11.0 Å². The van der Waals surface area contributed by atoms with Crippen LogP contribution in [0.3, 0.4) is 0 Å². The Morgan fingerprint density at radius 3 is 2.63 bits per heavy atom. The molecule has 1 unspecified atom stereocenters. The van der Waals surface area contributed by atoms with Crippen molar-refractivity contribution in [1.82, 2.24) is 5.32 Å². The van der Waals surface area contributed by atoms with Crippen molar-refractivity contribution in [3.63, 3.8) is 0 Å². The molecule has 0 amide bonds. The molecule has 1 aromatic rings. The topological polar surface area (TPSA) is 102 Å². The van der Waals surface area contributed by atoms with E-state index in [1.807, 2.05) is 0 Å². The van der Waals surface area contributed by atoms with Crippen molar-refractivity contribution in [3.8, 4) is 5.75 Å². The molecule has 19 heavy (non-hydrogen) atoms. The fourth-order valence-corrected chi connectivity index (χ4v) is 1.22. The summed E-state index contributed by atoms with van der Waals surface area (Å²) in [5.74, 6) is -4.24. The maximum atomic E-state index is 13.4. The Kier molecular flexibility index (Phi) is 4.70. The van der Waals surface area contributed by atoms with Crippen LogP contribution in [0.15, 0.2) is 12.1 Å². The Hall–Kier alpha value is -2.29. The number of carboxylic acid groups (broad SMARTS) is 1. The van der Waals surface area contributed by atoms with Crippen molar-refractivity contribution >= 4 is 11.7 Å². The van der Waals surface area contributed by atoms with Crippen molar-refractivity contribution in [2.24, 2.45) is 0 Å². The number of benzene rings is 1. The fraction of sp³-hybridized carbons (Fsp3) is 0.300. The van der Waals surface area contributed by atoms with Gasteiger partial charge in [-0.25, -0.2) is 4.39 Å². The van der Waals surface area contributed by atoms with Gasteiger partial charge in [-0.2, -0.15) is 4.39 Å². The Balaban J connectivity index is 2.88. The van der Waals surface area contributed by atoms with Crippen LogP contribution in [0, 0.1) is 21.7 Å². The number of ether oxygens (including phenoxy) is 1. The standard InChI is InChI=1S/C10H10F2N2O5/c1-13-7(10(15)16)4-19-9-3-5(11)8(14(17)18)2-6(9)12/h2-3,7,13H,4H2,1H3,(H,15,16). The number of nitrogens with one attached hydrogen (secondary N) is 1. The maximum absolute atomic E-state index is 13.4. The highest BCUT2D eigenvalue weighted by atomic mass is 19.1. The normalized spacial score (nSPS) is 11.9. The zero-order chi connectivity index (χ0) is 14.6. The zero-order valence-electron chi connectivity index (χ0n) is 9.72. The summed E-state index contributed by atoms with van der Waals surface area (Å²) in [5.41, 5.74) is -1.02. The first-order valence-corrected chi connectivity index (χ1v) is 5.03. The molecule has 0 aliphatic rings. The third kappa shape index (κ3) is 3.58. The summed E-state index contributed by atoms with van der Waals surface area (Å²) in [7, 11) is 1.36. The van der Waals surface area contributed by atoms with Crippen LogP contribution in [0.2, 0.25) is 0 Å². The molecular weight excluding hydrogens is 266 g/mol. The molecule has 0 aliphatic heterocycles. The number of aliphatic carboxylic acids is 1. The molecule has 0 bridgehead atoms. The lowest BCUT2D eigenvalue weighted by atomic mass is 10.2. The SMILES string of the molecule is CNC(COc1cc(F)c([N+](=O)[O-])cc1F)C(=O)O. The molecule has 1 atom stereocenters. The predicted octanol–water partition coefficient (Wildman–Crippen LogP) is 0.924. The molecule has 0 aliphatic carbocycles. The molecule has 1 aromatic carbocycles. The van der Waals surface area contributed by atoms with E-state index in [9.17, 15) is 23.7 Å². The molecule has 1 rings (SSSR count). The van der Waals surface area contributed by atoms with Gasteiger partial charge in [0.1, 0.15) is 12.6 Å². The minimum Gasteiger partial charge on any atom is -0.488 e. The first kappa shape index (κ1) is 14.8. The Labute approximate surface area is 105 Å². The molecule has 0 aromatic heterocycles. The summed E-state index contributed by atoms with van der Waals surface area (Å²) in [5, 5.41) is 21.4.